The summed E-state index contributed by atoms with van der Waals surface area (Å²) in [6.45, 7) is 5.47. The van der Waals surface area contributed by atoms with Crippen molar-refractivity contribution in [3.63, 3.8) is 0 Å². The molecule has 16 nitrogen and oxygen atoms in total. The Morgan fingerprint density at radius 3 is 1.51 bits per heavy atom. The van der Waals surface area contributed by atoms with Gasteiger partial charge in [0.1, 0.15) is 52.0 Å². The number of aliphatic carboxylic acids is 1. The molecule has 2 aliphatic carbocycles. The van der Waals surface area contributed by atoms with Crippen LogP contribution in [0.15, 0.2) is 24.3 Å². The molecule has 2 saturated heterocycles. The van der Waals surface area contributed by atoms with Crippen LogP contribution in [0.3, 0.4) is 0 Å². The van der Waals surface area contributed by atoms with Gasteiger partial charge in [0.25, 0.3) is 0 Å². The maximum atomic E-state index is 14.8. The Morgan fingerprint density at radius 1 is 0.573 bits per heavy atom. The number of rotatable bonds is 33. The second kappa shape index (κ2) is 30.8. The summed E-state index contributed by atoms with van der Waals surface area (Å²) < 4.78 is 0. The zero-order chi connectivity index (χ0) is 54.6. The number of carboxylic acid groups (broad SMARTS) is 1. The summed E-state index contributed by atoms with van der Waals surface area (Å²) in [6, 6.07) is 6.50. The first kappa shape index (κ1) is 61.1. The van der Waals surface area contributed by atoms with Crippen LogP contribution in [-0.4, -0.2) is 101 Å². The summed E-state index contributed by atoms with van der Waals surface area (Å²) in [5.74, 6) is -8.21. The van der Waals surface area contributed by atoms with E-state index in [-0.39, 0.29) is 146 Å². The van der Waals surface area contributed by atoms with Crippen LogP contribution in [0.4, 0.5) is 0 Å². The molecule has 8 N–H and O–H groups in total. The van der Waals surface area contributed by atoms with Crippen LogP contribution in [0, 0.1) is 71.0 Å². The second-order valence-corrected chi connectivity index (χ2v) is 23.1. The maximum Gasteiger partial charge on any atom is 0.303 e. The summed E-state index contributed by atoms with van der Waals surface area (Å²) in [5, 5.41) is 26.3. The van der Waals surface area contributed by atoms with Gasteiger partial charge in [-0.2, -0.15) is 0 Å². The highest BCUT2D eigenvalue weighted by atomic mass is 16.4. The first-order valence-corrected chi connectivity index (χ1v) is 28.4. The van der Waals surface area contributed by atoms with Crippen LogP contribution in [0.5, 0.6) is 5.75 Å². The number of unbranched alkanes of at least 4 members (excludes halogenated alkanes) is 1. The van der Waals surface area contributed by atoms with Crippen molar-refractivity contribution in [2.45, 2.75) is 168 Å². The molecule has 0 radical (unpaired) electrons. The minimum Gasteiger partial charge on any atom is -0.508 e. The van der Waals surface area contributed by atoms with Crippen LogP contribution in [-0.2, 0) is 54.4 Å². The lowest BCUT2D eigenvalue weighted by Crippen LogP contribution is -2.43. The Bertz CT molecular complexity index is 2140. The standard InChI is InChI=1S/C59H88N4O12/c1-36(59(61)75)25-54(69)49-34-62-23-20-41(49)29-51(66)43(11-7-8-22-60)31-55(70)48-13-6-4-10-40(48)28-53(68)45(27-38-14-17-46(65)18-15-38)33-57(72)50-35-63-24-21-42(50)30-52(67)44(16-19-58(73)74)32-56(71)47-12-5-3-9-39(47)26-37(2)64/h14-15,17-18,36,39-45,47-50,62-63,65H,3-13,16,19-35,60H2,1-2H3,(H2,61,75)(H,73,74)/t36-,39?,40?,41?,42?,43-,44-,45-,47?,48?,49?,50?/m1/s1. The lowest BCUT2D eigenvalue weighted by molar-refractivity contribution is -0.139. The Labute approximate surface area is 444 Å². The average Bonchev–Trinajstić information content (AvgIpc) is 3.37. The van der Waals surface area contributed by atoms with E-state index in [4.69, 9.17) is 11.5 Å². The van der Waals surface area contributed by atoms with E-state index in [1.807, 2.05) is 0 Å². The molecule has 2 heterocycles. The van der Waals surface area contributed by atoms with Crippen molar-refractivity contribution in [3.05, 3.63) is 29.8 Å². The molecule has 12 atom stereocenters. The number of ketones is 8. The van der Waals surface area contributed by atoms with Gasteiger partial charge in [-0.1, -0.05) is 51.2 Å². The third-order valence-corrected chi connectivity index (χ3v) is 17.5. The van der Waals surface area contributed by atoms with Crippen molar-refractivity contribution in [3.8, 4) is 5.75 Å². The molecule has 2 aliphatic heterocycles. The van der Waals surface area contributed by atoms with Crippen LogP contribution < -0.4 is 22.1 Å². The SMILES string of the molecule is CC(=O)CC1CCCCC1C(=O)C[C@@H](CCC(=O)O)C(=O)CC1CCNCC1C(=O)C[C@@H](Cc1ccc(O)cc1)C(=O)CC1CCCCC1C(=O)C[C@@H](CCCCN)C(=O)CC1CCNCC1C(=O)C[C@@H](C)C(N)=O. The molecular formula is C59H88N4O12. The van der Waals surface area contributed by atoms with E-state index in [9.17, 15) is 58.2 Å². The fourth-order valence-corrected chi connectivity index (χ4v) is 13.0. The highest BCUT2D eigenvalue weighted by Crippen LogP contribution is 2.39. The molecule has 0 aromatic heterocycles. The monoisotopic (exact) mass is 1040 g/mol. The molecule has 2 saturated carbocycles. The Kier molecular flexibility index (Phi) is 25.1. The zero-order valence-electron chi connectivity index (χ0n) is 44.9. The quantitative estimate of drug-likeness (QED) is 0.0402. The van der Waals surface area contributed by atoms with Crippen molar-refractivity contribution in [1.29, 1.82) is 0 Å². The van der Waals surface area contributed by atoms with E-state index in [2.05, 4.69) is 10.6 Å². The molecule has 1 aromatic carbocycles. The van der Waals surface area contributed by atoms with E-state index in [0.717, 1.165) is 37.7 Å². The van der Waals surface area contributed by atoms with Crippen molar-refractivity contribution >= 4 is 58.1 Å². The summed E-state index contributed by atoms with van der Waals surface area (Å²) in [5.41, 5.74) is 12.1. The topological polar surface area (TPSA) is 287 Å². The molecule has 4 fully saturated rings. The average molecular weight is 1050 g/mol. The number of nitrogens with one attached hydrogen (secondary N) is 2. The van der Waals surface area contributed by atoms with E-state index >= 15 is 0 Å². The van der Waals surface area contributed by atoms with Crippen molar-refractivity contribution in [2.75, 3.05) is 32.7 Å². The molecule has 5 rings (SSSR count). The van der Waals surface area contributed by atoms with Gasteiger partial charge in [0.2, 0.25) is 5.91 Å². The van der Waals surface area contributed by atoms with Gasteiger partial charge in [-0.25, -0.2) is 0 Å². The van der Waals surface area contributed by atoms with E-state index in [1.54, 1.807) is 19.1 Å². The minimum atomic E-state index is -1.07. The summed E-state index contributed by atoms with van der Waals surface area (Å²) in [7, 11) is 0. The lowest BCUT2D eigenvalue weighted by atomic mass is 9.70. The van der Waals surface area contributed by atoms with E-state index < -0.39 is 59.2 Å². The fraction of sp³-hybridized carbons (Fsp3) is 0.729. The molecule has 4 aliphatic rings. The molecule has 0 bridgehead atoms. The number of phenolic OH excluding ortho intramolecular Hbond substituents is 1. The second-order valence-electron chi connectivity index (χ2n) is 23.1. The number of carbonyl (C=O) groups excluding carboxylic acids is 9. The van der Waals surface area contributed by atoms with Gasteiger partial charge in [-0.05, 0) is 132 Å². The van der Waals surface area contributed by atoms with Crippen LogP contribution in [0.1, 0.15) is 167 Å². The predicted molar refractivity (Wildman–Crippen MR) is 283 cm³/mol. The number of piperidine rings is 2. The Morgan fingerprint density at radius 2 is 1.01 bits per heavy atom. The third-order valence-electron chi connectivity index (χ3n) is 17.5. The van der Waals surface area contributed by atoms with Gasteiger partial charge in [-0.15, -0.1) is 0 Å². The number of Topliss-reactive ketones (excluding diaryl/α,β-unsaturated/α-hetero) is 8. The highest BCUT2D eigenvalue weighted by Gasteiger charge is 2.41. The summed E-state index contributed by atoms with van der Waals surface area (Å²) in [6.07, 6.45) is 9.15. The first-order chi connectivity index (χ1) is 35.8. The number of carboxylic acids is 1. The fourth-order valence-electron chi connectivity index (χ4n) is 13.0. The summed E-state index contributed by atoms with van der Waals surface area (Å²) >= 11 is 0. The van der Waals surface area contributed by atoms with E-state index in [1.165, 1.54) is 19.1 Å². The minimum absolute atomic E-state index is 0.00445. The molecule has 1 amide bonds. The van der Waals surface area contributed by atoms with Crippen molar-refractivity contribution in [1.82, 2.24) is 10.6 Å². The number of primary amides is 1. The van der Waals surface area contributed by atoms with Crippen molar-refractivity contribution < 1.29 is 58.2 Å². The molecule has 416 valence electrons. The number of nitrogens with two attached hydrogens (primary N) is 2. The van der Waals surface area contributed by atoms with Gasteiger partial charge in [0.05, 0.1) is 0 Å². The van der Waals surface area contributed by atoms with Crippen LogP contribution in [0.2, 0.25) is 0 Å². The van der Waals surface area contributed by atoms with Crippen molar-refractivity contribution in [2.24, 2.45) is 82.5 Å². The largest absolute Gasteiger partial charge is 0.508 e. The van der Waals surface area contributed by atoms with Crippen LogP contribution in [0.25, 0.3) is 0 Å². The molecule has 1 aromatic rings. The van der Waals surface area contributed by atoms with Crippen LogP contribution >= 0.6 is 0 Å². The number of hydrogen-bond acceptors (Lipinski definition) is 14. The zero-order valence-corrected chi connectivity index (χ0v) is 44.9. The Hall–Kier alpha value is -4.80. The number of aromatic hydroxyl groups is 1. The molecule has 16 heteroatoms. The third kappa shape index (κ3) is 19.3. The predicted octanol–water partition coefficient (Wildman–Crippen LogP) is 6.66. The summed E-state index contributed by atoms with van der Waals surface area (Å²) in [4.78, 5) is 135. The molecular weight excluding hydrogens is 957 g/mol. The molecule has 75 heavy (non-hydrogen) atoms. The number of hydrogen-bond donors (Lipinski definition) is 6. The lowest BCUT2D eigenvalue weighted by Gasteiger charge is -2.34. The van der Waals surface area contributed by atoms with Gasteiger partial charge >= 0.3 is 5.97 Å². The number of benzene rings is 1. The highest BCUT2D eigenvalue weighted by molar-refractivity contribution is 5.94. The van der Waals surface area contributed by atoms with Gasteiger partial charge < -0.3 is 37.1 Å². The molecule has 8 unspecified atom stereocenters. The first-order valence-electron chi connectivity index (χ1n) is 28.4. The van der Waals surface area contributed by atoms with Gasteiger partial charge in [0, 0.05) is 118 Å². The maximum absolute atomic E-state index is 14.8. The number of phenols is 1. The Balaban J connectivity index is 1.30. The van der Waals surface area contributed by atoms with Gasteiger partial charge in [0.15, 0.2) is 0 Å². The number of carbonyl (C=O) groups is 10. The van der Waals surface area contributed by atoms with Gasteiger partial charge in [-0.3, -0.25) is 43.2 Å². The number of amides is 1. The molecule has 0 spiro atoms. The normalized spacial score (nSPS) is 25.7. The smallest absolute Gasteiger partial charge is 0.303 e. The van der Waals surface area contributed by atoms with E-state index in [0.29, 0.717) is 84.0 Å².